The molecule has 0 saturated carbocycles. The monoisotopic (exact) mass is 627 g/mol. The van der Waals surface area contributed by atoms with Gasteiger partial charge in [-0.3, -0.25) is 4.79 Å². The second kappa shape index (κ2) is 11.8. The fourth-order valence-corrected chi connectivity index (χ4v) is 4.88. The van der Waals surface area contributed by atoms with Crippen molar-refractivity contribution in [3.63, 3.8) is 0 Å². The number of nitrogens with zero attached hydrogens (tertiary/aromatic N) is 5. The Kier molecular flexibility index (Phi) is 8.29. The summed E-state index contributed by atoms with van der Waals surface area (Å²) in [5, 5.41) is 12.0. The van der Waals surface area contributed by atoms with Crippen molar-refractivity contribution in [1.29, 1.82) is 0 Å². The van der Waals surface area contributed by atoms with E-state index in [9.17, 15) is 35.9 Å². The Labute approximate surface area is 243 Å². The van der Waals surface area contributed by atoms with Crippen LogP contribution in [-0.2, 0) is 34.8 Å². The number of benzene rings is 2. The number of morpholine rings is 1. The van der Waals surface area contributed by atoms with Crippen molar-refractivity contribution in [3.05, 3.63) is 81.1 Å². The summed E-state index contributed by atoms with van der Waals surface area (Å²) in [4.78, 5) is 27.1. The van der Waals surface area contributed by atoms with E-state index in [1.54, 1.807) is 29.2 Å². The van der Waals surface area contributed by atoms with Crippen molar-refractivity contribution in [1.82, 2.24) is 20.2 Å². The maximum atomic E-state index is 14.1. The van der Waals surface area contributed by atoms with Crippen LogP contribution in [0.25, 0.3) is 11.3 Å². The third-order valence-electron chi connectivity index (χ3n) is 6.60. The minimum absolute atomic E-state index is 0.0231. The van der Waals surface area contributed by atoms with Crippen LogP contribution in [0.5, 0.6) is 0 Å². The zero-order valence-electron chi connectivity index (χ0n) is 21.9. The molecule has 1 aliphatic heterocycles. The molecule has 0 aliphatic carbocycles. The smallest absolute Gasteiger partial charge is 0.378 e. The van der Waals surface area contributed by atoms with Crippen LogP contribution >= 0.6 is 11.6 Å². The number of hydrogen-bond acceptors (Lipinski definition) is 8. The van der Waals surface area contributed by atoms with Gasteiger partial charge in [0.15, 0.2) is 17.3 Å². The van der Waals surface area contributed by atoms with E-state index in [0.717, 1.165) is 4.68 Å². The quantitative estimate of drug-likeness (QED) is 0.144. The lowest BCUT2D eigenvalue weighted by Gasteiger charge is -2.29. The summed E-state index contributed by atoms with van der Waals surface area (Å²) < 4.78 is 92.8. The van der Waals surface area contributed by atoms with Gasteiger partial charge in [-0.15, -0.1) is 5.10 Å². The molecule has 3 heterocycles. The van der Waals surface area contributed by atoms with Gasteiger partial charge in [0.1, 0.15) is 12.0 Å². The van der Waals surface area contributed by atoms with Gasteiger partial charge in [-0.1, -0.05) is 34.1 Å². The lowest BCUT2D eigenvalue weighted by Crippen LogP contribution is -2.38. The van der Waals surface area contributed by atoms with Crippen molar-refractivity contribution in [2.45, 2.75) is 25.3 Å². The van der Waals surface area contributed by atoms with Gasteiger partial charge in [0.25, 0.3) is 0 Å². The molecule has 9 nitrogen and oxygen atoms in total. The van der Waals surface area contributed by atoms with E-state index >= 15 is 0 Å². The van der Waals surface area contributed by atoms with Crippen molar-refractivity contribution in [3.8, 4) is 11.3 Å². The van der Waals surface area contributed by atoms with Gasteiger partial charge in [0.05, 0.1) is 41.5 Å². The van der Waals surface area contributed by atoms with Gasteiger partial charge < -0.3 is 19.0 Å². The van der Waals surface area contributed by atoms with Gasteiger partial charge in [0, 0.05) is 25.1 Å². The van der Waals surface area contributed by atoms with E-state index in [4.69, 9.17) is 20.9 Å². The molecule has 2 aromatic heterocycles. The van der Waals surface area contributed by atoms with Gasteiger partial charge in [0.2, 0.25) is 5.78 Å². The molecule has 0 N–H and O–H groups in total. The molecule has 2 aromatic carbocycles. The lowest BCUT2D eigenvalue weighted by molar-refractivity contribution is -0.143. The highest BCUT2D eigenvalue weighted by atomic mass is 35.5. The maximum Gasteiger partial charge on any atom is 0.416 e. The molecule has 0 radical (unpaired) electrons. The third-order valence-corrected chi connectivity index (χ3v) is 6.93. The Bertz CT molecular complexity index is 1630. The average molecular weight is 628 g/mol. The molecule has 1 fully saturated rings. The van der Waals surface area contributed by atoms with Crippen LogP contribution in [0.15, 0.2) is 47.0 Å². The Hall–Kier alpha value is -4.24. The molecule has 1 saturated heterocycles. The Morgan fingerprint density at radius 3 is 2.26 bits per heavy atom. The second-order valence-corrected chi connectivity index (χ2v) is 9.85. The number of carbonyl (C=O) groups is 2. The molecule has 0 unspecified atom stereocenters. The topological polar surface area (TPSA) is 103 Å². The molecule has 226 valence electrons. The number of hydrogen-bond donors (Lipinski definition) is 0. The third kappa shape index (κ3) is 6.27. The SMILES string of the molecule is O=CCc1noc(-c2ccccc2Cl)c1C(=O)c1nnn(Cc2cc(C(F)(F)F)cc(C(F)(F)F)c2)c1N1CCOCC1. The molecule has 0 spiro atoms. The van der Waals surface area contributed by atoms with Crippen LogP contribution in [0.3, 0.4) is 0 Å². The van der Waals surface area contributed by atoms with Crippen LogP contribution in [0.4, 0.5) is 32.2 Å². The highest BCUT2D eigenvalue weighted by Gasteiger charge is 2.38. The fraction of sp³-hybridized carbons (Fsp3) is 0.296. The number of rotatable bonds is 8. The largest absolute Gasteiger partial charge is 0.416 e. The van der Waals surface area contributed by atoms with Crippen LogP contribution in [-0.4, -0.2) is 58.5 Å². The molecule has 1 aliphatic rings. The molecule has 0 atom stereocenters. The molecule has 4 aromatic rings. The standard InChI is InChI=1S/C27H20ClF6N5O4/c28-19-4-2-1-3-18(19)24-21(20(5-8-40)36-43-24)23(41)22-25(38-6-9-42-10-7-38)39(37-35-22)14-15-11-16(26(29,30)31)13-17(12-15)27(32,33)34/h1-4,8,11-13H,5-7,9-10,14H2. The first kappa shape index (κ1) is 30.2. The van der Waals surface area contributed by atoms with E-state index < -0.39 is 35.8 Å². The average Bonchev–Trinajstić information content (AvgIpc) is 3.57. The van der Waals surface area contributed by atoms with Crippen LogP contribution in [0, 0.1) is 0 Å². The second-order valence-electron chi connectivity index (χ2n) is 9.45. The number of aromatic nitrogens is 4. The van der Waals surface area contributed by atoms with E-state index in [1.807, 2.05) is 0 Å². The molecular formula is C27H20ClF6N5O4. The summed E-state index contributed by atoms with van der Waals surface area (Å²) in [7, 11) is 0. The van der Waals surface area contributed by atoms with Gasteiger partial charge in [-0.2, -0.15) is 26.3 Å². The van der Waals surface area contributed by atoms with Gasteiger partial charge in [-0.25, -0.2) is 4.68 Å². The molecular weight excluding hydrogens is 608 g/mol. The van der Waals surface area contributed by atoms with E-state index in [2.05, 4.69) is 15.5 Å². The number of ether oxygens (including phenoxy) is 1. The first-order valence-corrected chi connectivity index (χ1v) is 13.0. The lowest BCUT2D eigenvalue weighted by atomic mass is 9.99. The number of aldehydes is 1. The van der Waals surface area contributed by atoms with Gasteiger partial charge in [-0.05, 0) is 35.9 Å². The van der Waals surface area contributed by atoms with E-state index in [0.29, 0.717) is 24.0 Å². The van der Waals surface area contributed by atoms with Crippen molar-refractivity contribution in [2.75, 3.05) is 31.2 Å². The first-order chi connectivity index (χ1) is 20.4. The number of ketones is 1. The predicted molar refractivity (Wildman–Crippen MR) is 139 cm³/mol. The first-order valence-electron chi connectivity index (χ1n) is 12.6. The Balaban J connectivity index is 1.64. The summed E-state index contributed by atoms with van der Waals surface area (Å²) in [5.74, 6) is -0.814. The van der Waals surface area contributed by atoms with Crippen molar-refractivity contribution < 1.29 is 45.2 Å². The summed E-state index contributed by atoms with van der Waals surface area (Å²) in [6.45, 7) is 0.283. The van der Waals surface area contributed by atoms with Crippen LogP contribution in [0.1, 0.15) is 38.4 Å². The fourth-order valence-electron chi connectivity index (χ4n) is 4.66. The highest BCUT2D eigenvalue weighted by Crippen LogP contribution is 2.38. The summed E-state index contributed by atoms with van der Waals surface area (Å²) in [6.07, 6.45) is -9.90. The van der Waals surface area contributed by atoms with Crippen LogP contribution in [0.2, 0.25) is 5.02 Å². The molecule has 0 amide bonds. The number of anilines is 1. The predicted octanol–water partition coefficient (Wildman–Crippen LogP) is 5.48. The Morgan fingerprint density at radius 2 is 1.65 bits per heavy atom. The zero-order valence-corrected chi connectivity index (χ0v) is 22.6. The molecule has 0 bridgehead atoms. The van der Waals surface area contributed by atoms with E-state index in [1.165, 1.54) is 0 Å². The number of halogens is 7. The minimum Gasteiger partial charge on any atom is -0.378 e. The highest BCUT2D eigenvalue weighted by molar-refractivity contribution is 6.33. The number of alkyl halides is 6. The maximum absolute atomic E-state index is 14.1. The summed E-state index contributed by atoms with van der Waals surface area (Å²) in [5.41, 5.74) is -3.51. The summed E-state index contributed by atoms with van der Waals surface area (Å²) >= 11 is 6.32. The van der Waals surface area contributed by atoms with Crippen LogP contribution < -0.4 is 4.90 Å². The van der Waals surface area contributed by atoms with E-state index in [-0.39, 0.29) is 77.9 Å². The van der Waals surface area contributed by atoms with Crippen molar-refractivity contribution >= 4 is 29.5 Å². The molecule has 5 rings (SSSR count). The molecule has 16 heteroatoms. The summed E-state index contributed by atoms with van der Waals surface area (Å²) in [6, 6.07) is 7.59. The Morgan fingerprint density at radius 1 is 1.00 bits per heavy atom. The normalized spacial score (nSPS) is 14.3. The van der Waals surface area contributed by atoms with Gasteiger partial charge >= 0.3 is 12.4 Å². The number of carbonyl (C=O) groups excluding carboxylic acids is 2. The van der Waals surface area contributed by atoms with Crippen molar-refractivity contribution in [2.24, 2.45) is 0 Å². The molecule has 43 heavy (non-hydrogen) atoms. The minimum atomic E-state index is -5.05. The zero-order chi connectivity index (χ0) is 30.9.